The van der Waals surface area contributed by atoms with E-state index in [0.717, 1.165) is 66.2 Å². The number of hydrogen-bond acceptors (Lipinski definition) is 4. The third kappa shape index (κ3) is 7.94. The number of nitrogens with two attached hydrogens (primary N) is 2. The van der Waals surface area contributed by atoms with Crippen LogP contribution in [0.4, 0.5) is 0 Å². The van der Waals surface area contributed by atoms with Gasteiger partial charge in [0.15, 0.2) is 0 Å². The van der Waals surface area contributed by atoms with E-state index in [-0.39, 0.29) is 17.5 Å². The zero-order chi connectivity index (χ0) is 24.8. The maximum absolute atomic E-state index is 6.02. The molecule has 4 nitrogen and oxygen atoms in total. The van der Waals surface area contributed by atoms with Gasteiger partial charge in [-0.1, -0.05) is 27.7 Å². The van der Waals surface area contributed by atoms with Crippen LogP contribution in [0.25, 0.3) is 0 Å². The molecule has 0 spiro atoms. The Morgan fingerprint density at radius 3 is 1.27 bits per heavy atom. The van der Waals surface area contributed by atoms with Crippen LogP contribution in [-0.4, -0.2) is 25.3 Å². The highest BCUT2D eigenvalue weighted by atomic mass is 79.9. The fourth-order valence-corrected chi connectivity index (χ4v) is 6.15. The standard InChI is InChI=1S/C25H34Br4N2O2/c1-5-17(30)7-9-32-23-19(26)11-15(12-20(23)27)25(3,4)16-13-21(28)24(22(29)14-16)33-10-8-18(31)6-2/h11-14,17-18H,5-10,30-31H2,1-4H3. The Bertz CT molecular complexity index is 817. The zero-order valence-corrected chi connectivity index (χ0v) is 26.0. The summed E-state index contributed by atoms with van der Waals surface area (Å²) in [6, 6.07) is 8.81. The lowest BCUT2D eigenvalue weighted by molar-refractivity contribution is 0.292. The summed E-state index contributed by atoms with van der Waals surface area (Å²) >= 11 is 14.8. The van der Waals surface area contributed by atoms with Crippen molar-refractivity contribution in [1.82, 2.24) is 0 Å². The van der Waals surface area contributed by atoms with Gasteiger partial charge in [0.05, 0.1) is 31.1 Å². The van der Waals surface area contributed by atoms with E-state index in [0.29, 0.717) is 13.2 Å². The van der Waals surface area contributed by atoms with Gasteiger partial charge in [0.1, 0.15) is 11.5 Å². The molecule has 0 amide bonds. The molecule has 2 rings (SSSR count). The third-order valence-corrected chi connectivity index (χ3v) is 8.31. The molecule has 33 heavy (non-hydrogen) atoms. The van der Waals surface area contributed by atoms with E-state index >= 15 is 0 Å². The van der Waals surface area contributed by atoms with Crippen molar-refractivity contribution in [2.75, 3.05) is 13.2 Å². The minimum absolute atomic E-state index is 0.160. The van der Waals surface area contributed by atoms with Crippen molar-refractivity contribution in [2.24, 2.45) is 11.5 Å². The number of benzene rings is 2. The monoisotopic (exact) mass is 710 g/mol. The Morgan fingerprint density at radius 2 is 1.00 bits per heavy atom. The molecular formula is C25H34Br4N2O2. The number of halogens is 4. The molecule has 0 saturated heterocycles. The van der Waals surface area contributed by atoms with Crippen LogP contribution in [0.5, 0.6) is 11.5 Å². The van der Waals surface area contributed by atoms with E-state index < -0.39 is 0 Å². The Kier molecular flexibility index (Phi) is 11.7. The van der Waals surface area contributed by atoms with Gasteiger partial charge in [-0.25, -0.2) is 0 Å². The smallest absolute Gasteiger partial charge is 0.147 e. The predicted molar refractivity (Wildman–Crippen MR) is 153 cm³/mol. The van der Waals surface area contributed by atoms with Crippen LogP contribution in [0.3, 0.4) is 0 Å². The first-order chi connectivity index (χ1) is 15.5. The second-order valence-corrected chi connectivity index (χ2v) is 12.2. The van der Waals surface area contributed by atoms with Gasteiger partial charge in [-0.2, -0.15) is 0 Å². The normalized spacial score (nSPS) is 13.6. The molecule has 0 saturated carbocycles. The van der Waals surface area contributed by atoms with Crippen LogP contribution in [0.1, 0.15) is 64.5 Å². The summed E-state index contributed by atoms with van der Waals surface area (Å²) in [5.74, 6) is 1.60. The summed E-state index contributed by atoms with van der Waals surface area (Å²) in [7, 11) is 0. The Labute approximate surface area is 232 Å². The lowest BCUT2D eigenvalue weighted by Crippen LogP contribution is -2.22. The molecule has 2 atom stereocenters. The van der Waals surface area contributed by atoms with Crippen LogP contribution in [-0.2, 0) is 5.41 Å². The highest BCUT2D eigenvalue weighted by molar-refractivity contribution is 9.11. The van der Waals surface area contributed by atoms with Crippen molar-refractivity contribution in [3.63, 3.8) is 0 Å². The SMILES string of the molecule is CCC(N)CCOc1c(Br)cc(C(C)(C)c2cc(Br)c(OCCC(N)CC)c(Br)c2)cc1Br. The largest absolute Gasteiger partial charge is 0.491 e. The van der Waals surface area contributed by atoms with E-state index in [1.54, 1.807) is 0 Å². The molecule has 0 aliphatic heterocycles. The molecule has 0 aromatic heterocycles. The fourth-order valence-electron chi connectivity index (χ4n) is 3.32. The Morgan fingerprint density at radius 1 is 0.697 bits per heavy atom. The van der Waals surface area contributed by atoms with Gasteiger partial charge in [-0.3, -0.25) is 0 Å². The predicted octanol–water partition coefficient (Wildman–Crippen LogP) is 8.07. The van der Waals surface area contributed by atoms with Crippen LogP contribution in [0.15, 0.2) is 42.2 Å². The summed E-state index contributed by atoms with van der Waals surface area (Å²) in [6.45, 7) is 9.75. The second-order valence-electron chi connectivity index (χ2n) is 8.77. The first-order valence-electron chi connectivity index (χ1n) is 11.3. The second kappa shape index (κ2) is 13.3. The van der Waals surface area contributed by atoms with Gasteiger partial charge in [0, 0.05) is 17.5 Å². The van der Waals surface area contributed by atoms with Crippen molar-refractivity contribution in [2.45, 2.75) is 70.9 Å². The van der Waals surface area contributed by atoms with Gasteiger partial charge in [-0.15, -0.1) is 0 Å². The first kappa shape index (κ1) is 29.1. The fraction of sp³-hybridized carbons (Fsp3) is 0.520. The maximum Gasteiger partial charge on any atom is 0.147 e. The molecular weight excluding hydrogens is 680 g/mol. The molecule has 8 heteroatoms. The molecule has 184 valence electrons. The summed E-state index contributed by atoms with van der Waals surface area (Å²) < 4.78 is 15.7. The van der Waals surface area contributed by atoms with Gasteiger partial charge >= 0.3 is 0 Å². The van der Waals surface area contributed by atoms with E-state index in [1.807, 2.05) is 0 Å². The minimum Gasteiger partial charge on any atom is -0.491 e. The number of rotatable bonds is 12. The van der Waals surface area contributed by atoms with Crippen molar-refractivity contribution >= 4 is 63.7 Å². The van der Waals surface area contributed by atoms with Crippen LogP contribution < -0.4 is 20.9 Å². The van der Waals surface area contributed by atoms with E-state index in [2.05, 4.69) is 116 Å². The quantitative estimate of drug-likeness (QED) is 0.234. The van der Waals surface area contributed by atoms with Gasteiger partial charge in [0.25, 0.3) is 0 Å². The van der Waals surface area contributed by atoms with Crippen molar-refractivity contribution in [3.05, 3.63) is 53.3 Å². The van der Waals surface area contributed by atoms with Gasteiger partial charge in [0.2, 0.25) is 0 Å². The maximum atomic E-state index is 6.02. The molecule has 0 bridgehead atoms. The van der Waals surface area contributed by atoms with Gasteiger partial charge in [-0.05, 0) is 125 Å². The summed E-state index contributed by atoms with van der Waals surface area (Å²) in [6.07, 6.45) is 3.53. The topological polar surface area (TPSA) is 70.5 Å². The number of ether oxygens (including phenoxy) is 2. The molecule has 2 unspecified atom stereocenters. The van der Waals surface area contributed by atoms with Crippen LogP contribution in [0.2, 0.25) is 0 Å². The van der Waals surface area contributed by atoms with Crippen LogP contribution >= 0.6 is 63.7 Å². The van der Waals surface area contributed by atoms with Crippen molar-refractivity contribution < 1.29 is 9.47 Å². The lowest BCUT2D eigenvalue weighted by Gasteiger charge is -2.28. The average Bonchev–Trinajstić information content (AvgIpc) is 2.76. The van der Waals surface area contributed by atoms with E-state index in [4.69, 9.17) is 20.9 Å². The molecule has 2 aromatic carbocycles. The molecule has 4 N–H and O–H groups in total. The molecule has 0 aliphatic carbocycles. The summed E-state index contributed by atoms with van der Waals surface area (Å²) in [5, 5.41) is 0. The van der Waals surface area contributed by atoms with Crippen molar-refractivity contribution in [1.29, 1.82) is 0 Å². The highest BCUT2D eigenvalue weighted by Crippen LogP contribution is 2.44. The lowest BCUT2D eigenvalue weighted by atomic mass is 9.78. The number of hydrogen-bond donors (Lipinski definition) is 2. The third-order valence-electron chi connectivity index (χ3n) is 5.96. The van der Waals surface area contributed by atoms with E-state index in [1.165, 1.54) is 0 Å². The zero-order valence-electron chi connectivity index (χ0n) is 19.7. The van der Waals surface area contributed by atoms with E-state index in [9.17, 15) is 0 Å². The summed E-state index contributed by atoms with van der Waals surface area (Å²) in [5.41, 5.74) is 14.1. The molecule has 0 aliphatic rings. The first-order valence-corrected chi connectivity index (χ1v) is 14.4. The average molecular weight is 714 g/mol. The minimum atomic E-state index is -0.262. The molecule has 0 heterocycles. The Hall–Kier alpha value is -0.120. The molecule has 0 fully saturated rings. The van der Waals surface area contributed by atoms with Crippen molar-refractivity contribution in [3.8, 4) is 11.5 Å². The Balaban J connectivity index is 2.24. The summed E-state index contributed by atoms with van der Waals surface area (Å²) in [4.78, 5) is 0. The van der Waals surface area contributed by atoms with Gasteiger partial charge < -0.3 is 20.9 Å². The molecule has 0 radical (unpaired) electrons. The molecule has 2 aromatic rings. The highest BCUT2D eigenvalue weighted by Gasteiger charge is 2.27. The van der Waals surface area contributed by atoms with Crippen LogP contribution in [0, 0.1) is 0 Å².